The Morgan fingerprint density at radius 1 is 1.17 bits per heavy atom. The molecule has 0 bridgehead atoms. The highest BCUT2D eigenvalue weighted by molar-refractivity contribution is 6.45. The molecule has 0 aliphatic carbocycles. The van der Waals surface area contributed by atoms with Crippen LogP contribution in [0.3, 0.4) is 0 Å². The zero-order chi connectivity index (χ0) is 20.8. The van der Waals surface area contributed by atoms with Crippen LogP contribution in [0.5, 0.6) is 0 Å². The van der Waals surface area contributed by atoms with E-state index in [1.165, 1.54) is 7.11 Å². The van der Waals surface area contributed by atoms with E-state index in [0.29, 0.717) is 15.6 Å². The molecule has 0 fully saturated rings. The average molecular weight is 429 g/mol. The molecule has 0 saturated carbocycles. The maximum atomic E-state index is 12.2. The van der Waals surface area contributed by atoms with Gasteiger partial charge in [-0.15, -0.1) is 0 Å². The molecule has 0 saturated heterocycles. The van der Waals surface area contributed by atoms with Gasteiger partial charge < -0.3 is 10.2 Å². The number of aromatic nitrogens is 2. The van der Waals surface area contributed by atoms with Crippen molar-refractivity contribution in [3.8, 4) is 5.69 Å². The van der Waals surface area contributed by atoms with Crippen molar-refractivity contribution in [1.82, 2.24) is 15.1 Å². The van der Waals surface area contributed by atoms with E-state index in [0.717, 1.165) is 16.9 Å². The van der Waals surface area contributed by atoms with Gasteiger partial charge in [0, 0.05) is 23.8 Å². The van der Waals surface area contributed by atoms with Crippen molar-refractivity contribution < 1.29 is 9.63 Å². The molecule has 29 heavy (non-hydrogen) atoms. The van der Waals surface area contributed by atoms with Crippen molar-refractivity contribution in [3.63, 3.8) is 0 Å². The van der Waals surface area contributed by atoms with Crippen LogP contribution in [0.25, 0.3) is 17.8 Å². The van der Waals surface area contributed by atoms with Crippen molar-refractivity contribution in [2.75, 3.05) is 14.2 Å². The van der Waals surface area contributed by atoms with E-state index in [9.17, 15) is 4.79 Å². The van der Waals surface area contributed by atoms with Crippen LogP contribution in [0.4, 0.5) is 0 Å². The van der Waals surface area contributed by atoms with Crippen LogP contribution in [0.1, 0.15) is 16.8 Å². The number of rotatable bonds is 6. The quantitative estimate of drug-likeness (QED) is 0.465. The smallest absolute Gasteiger partial charge is 0.273 e. The van der Waals surface area contributed by atoms with E-state index >= 15 is 0 Å². The van der Waals surface area contributed by atoms with Gasteiger partial charge in [0.25, 0.3) is 5.91 Å². The van der Waals surface area contributed by atoms with Gasteiger partial charge in [0.1, 0.15) is 7.11 Å². The molecule has 1 aromatic heterocycles. The first-order valence-corrected chi connectivity index (χ1v) is 9.41. The summed E-state index contributed by atoms with van der Waals surface area (Å²) in [6.07, 6.45) is 5.51. The number of hydrogen-bond donors (Lipinski definition) is 1. The summed E-state index contributed by atoms with van der Waals surface area (Å²) in [5.74, 6) is -0.339. The number of nitrogens with zero attached hydrogens (tertiary/aromatic N) is 3. The number of oxime groups is 1. The molecule has 0 aliphatic rings. The molecule has 0 spiro atoms. The molecule has 1 heterocycles. The van der Waals surface area contributed by atoms with Gasteiger partial charge in [0.2, 0.25) is 0 Å². The van der Waals surface area contributed by atoms with Gasteiger partial charge >= 0.3 is 0 Å². The van der Waals surface area contributed by atoms with Crippen LogP contribution >= 0.6 is 23.2 Å². The normalized spacial score (nSPS) is 11.7. The zero-order valence-electron chi connectivity index (χ0n) is 15.8. The van der Waals surface area contributed by atoms with Gasteiger partial charge in [-0.3, -0.25) is 4.79 Å². The molecule has 148 valence electrons. The molecule has 3 aromatic rings. The molecular weight excluding hydrogens is 411 g/mol. The predicted molar refractivity (Wildman–Crippen MR) is 117 cm³/mol. The minimum Gasteiger partial charge on any atom is -0.398 e. The van der Waals surface area contributed by atoms with Crippen LogP contribution in [0.15, 0.2) is 59.9 Å². The van der Waals surface area contributed by atoms with E-state index in [1.807, 2.05) is 42.6 Å². The van der Waals surface area contributed by atoms with Gasteiger partial charge in [-0.25, -0.2) is 4.68 Å². The Kier molecular flexibility index (Phi) is 6.69. The summed E-state index contributed by atoms with van der Waals surface area (Å²) < 4.78 is 1.67. The highest BCUT2D eigenvalue weighted by atomic mass is 35.5. The molecule has 8 heteroatoms. The molecule has 0 radical (unpaired) electrons. The van der Waals surface area contributed by atoms with Crippen LogP contribution in [-0.2, 0) is 9.63 Å². The van der Waals surface area contributed by atoms with E-state index < -0.39 is 0 Å². The maximum Gasteiger partial charge on any atom is 0.273 e. The number of halogens is 2. The number of benzene rings is 2. The van der Waals surface area contributed by atoms with E-state index in [1.54, 1.807) is 36.0 Å². The fraction of sp³-hybridized carbons (Fsp3) is 0.0952. The topological polar surface area (TPSA) is 68.5 Å². The predicted octanol–water partition coefficient (Wildman–Crippen LogP) is 4.45. The van der Waals surface area contributed by atoms with Crippen LogP contribution < -0.4 is 5.32 Å². The Labute approximate surface area is 178 Å². The van der Waals surface area contributed by atoms with Gasteiger partial charge in [-0.2, -0.15) is 5.10 Å². The first-order valence-electron chi connectivity index (χ1n) is 8.65. The van der Waals surface area contributed by atoms with Crippen LogP contribution in [0.2, 0.25) is 10.0 Å². The first-order chi connectivity index (χ1) is 14.0. The second-order valence-corrected chi connectivity index (χ2v) is 6.75. The standard InChI is InChI=1S/C21H18Cl2N4O2/c1-24-21(28)20(26-29-2)17-6-4-3-5-14(17)7-9-16-11-12-27(25-16)19-10-8-15(22)13-18(19)23/h3-13H,1-2H3,(H,24,28). The van der Waals surface area contributed by atoms with E-state index in [2.05, 4.69) is 15.6 Å². The van der Waals surface area contributed by atoms with Crippen molar-refractivity contribution in [3.05, 3.63) is 81.6 Å². The molecular formula is C21H18Cl2N4O2. The summed E-state index contributed by atoms with van der Waals surface area (Å²) in [7, 11) is 2.94. The second kappa shape index (κ2) is 9.41. The Hall–Kier alpha value is -3.09. The summed E-state index contributed by atoms with van der Waals surface area (Å²) in [6, 6.07) is 14.5. The number of likely N-dealkylation sites (N-methyl/N-ethyl adjacent to an activating group) is 1. The van der Waals surface area contributed by atoms with E-state index in [4.69, 9.17) is 28.0 Å². The third kappa shape index (κ3) is 4.85. The lowest BCUT2D eigenvalue weighted by molar-refractivity contribution is -0.114. The van der Waals surface area contributed by atoms with Crippen LogP contribution in [0, 0.1) is 0 Å². The second-order valence-electron chi connectivity index (χ2n) is 5.90. The summed E-state index contributed by atoms with van der Waals surface area (Å²) in [5.41, 5.74) is 3.08. The highest BCUT2D eigenvalue weighted by Gasteiger charge is 2.16. The molecule has 0 atom stereocenters. The van der Waals surface area contributed by atoms with Gasteiger partial charge in [0.15, 0.2) is 5.71 Å². The molecule has 0 aliphatic heterocycles. The van der Waals surface area contributed by atoms with Gasteiger partial charge in [-0.1, -0.05) is 58.7 Å². The molecule has 6 nitrogen and oxygen atoms in total. The summed E-state index contributed by atoms with van der Waals surface area (Å²) in [4.78, 5) is 17.0. The Morgan fingerprint density at radius 3 is 2.69 bits per heavy atom. The third-order valence-corrected chi connectivity index (χ3v) is 4.58. The Bertz CT molecular complexity index is 1090. The first kappa shape index (κ1) is 20.6. The minimum atomic E-state index is -0.339. The molecule has 1 N–H and O–H groups in total. The monoisotopic (exact) mass is 428 g/mol. The zero-order valence-corrected chi connectivity index (χ0v) is 17.3. The lowest BCUT2D eigenvalue weighted by Crippen LogP contribution is -2.29. The average Bonchev–Trinajstić information content (AvgIpc) is 3.19. The van der Waals surface area contributed by atoms with Crippen molar-refractivity contribution >= 4 is 47.0 Å². The number of hydrogen-bond acceptors (Lipinski definition) is 4. The van der Waals surface area contributed by atoms with Gasteiger partial charge in [0.05, 0.1) is 16.4 Å². The Morgan fingerprint density at radius 2 is 1.97 bits per heavy atom. The number of nitrogens with one attached hydrogen (secondary N) is 1. The SMILES string of the molecule is CNC(=O)C(=NOC)c1ccccc1C=Cc1ccn(-c2ccc(Cl)cc2Cl)n1. The number of carbonyl (C=O) groups is 1. The van der Waals surface area contributed by atoms with Crippen LogP contribution in [-0.4, -0.2) is 35.6 Å². The fourth-order valence-corrected chi connectivity index (χ4v) is 3.18. The molecule has 1 amide bonds. The fourth-order valence-electron chi connectivity index (χ4n) is 2.68. The highest BCUT2D eigenvalue weighted by Crippen LogP contribution is 2.24. The minimum absolute atomic E-state index is 0.189. The largest absolute Gasteiger partial charge is 0.398 e. The molecule has 2 aromatic carbocycles. The summed E-state index contributed by atoms with van der Waals surface area (Å²) in [5, 5.41) is 12.0. The number of carbonyl (C=O) groups excluding carboxylic acids is 1. The molecule has 0 unspecified atom stereocenters. The maximum absolute atomic E-state index is 12.2. The van der Waals surface area contributed by atoms with Gasteiger partial charge in [-0.05, 0) is 35.9 Å². The van der Waals surface area contributed by atoms with Crippen molar-refractivity contribution in [2.45, 2.75) is 0 Å². The summed E-state index contributed by atoms with van der Waals surface area (Å²) >= 11 is 12.2. The van der Waals surface area contributed by atoms with Crippen molar-refractivity contribution in [2.24, 2.45) is 5.16 Å². The lowest BCUT2D eigenvalue weighted by Gasteiger charge is -2.07. The molecule has 3 rings (SSSR count). The third-order valence-electron chi connectivity index (χ3n) is 4.04. The van der Waals surface area contributed by atoms with Crippen molar-refractivity contribution in [1.29, 1.82) is 0 Å². The Balaban J connectivity index is 1.91. The van der Waals surface area contributed by atoms with E-state index in [-0.39, 0.29) is 11.6 Å². The summed E-state index contributed by atoms with van der Waals surface area (Å²) in [6.45, 7) is 0. The number of amides is 1. The lowest BCUT2D eigenvalue weighted by atomic mass is 10.0.